The largest absolute Gasteiger partial charge is 0.505 e. The monoisotopic (exact) mass is 2150 g/mol. The number of benzene rings is 3. The van der Waals surface area contributed by atoms with Crippen molar-refractivity contribution in [2.45, 2.75) is 158 Å². The number of carbonyl (C=O) groups is 3. The van der Waals surface area contributed by atoms with E-state index in [4.69, 9.17) is 154 Å². The van der Waals surface area contributed by atoms with Crippen LogP contribution in [0.2, 0.25) is 60.3 Å². The zero-order valence-corrected chi connectivity index (χ0v) is 87.1. The number of fused-ring (bicyclic) bond motifs is 3. The van der Waals surface area contributed by atoms with Gasteiger partial charge < -0.3 is 44.7 Å². The molecule has 0 unspecified atom stereocenters. The van der Waals surface area contributed by atoms with Gasteiger partial charge in [-0.05, 0) is 151 Å². The predicted molar refractivity (Wildman–Crippen MR) is 552 cm³/mol. The summed E-state index contributed by atoms with van der Waals surface area (Å²) < 4.78 is 49.1. The van der Waals surface area contributed by atoms with E-state index >= 15 is 13.2 Å². The van der Waals surface area contributed by atoms with Crippen molar-refractivity contribution < 1.29 is 42.9 Å². The summed E-state index contributed by atoms with van der Waals surface area (Å²) in [5.41, 5.74) is 2.20. The average molecular weight is 2160 g/mol. The molecule has 12 heterocycles. The highest BCUT2D eigenvalue weighted by atomic mass is 35.5. The molecule has 27 nitrogen and oxygen atoms in total. The number of hydrogen-bond donors (Lipinski definition) is 3. The molecular weight excluding hydrogens is 2070 g/mol. The molecular formula is C99H87Cl12F3N18O9. The summed E-state index contributed by atoms with van der Waals surface area (Å²) in [6.45, 7) is 40.6. The van der Waals surface area contributed by atoms with Gasteiger partial charge in [-0.25, -0.2) is 28.1 Å². The summed E-state index contributed by atoms with van der Waals surface area (Å²) in [6.07, 6.45) is 8.64. The third-order valence-electron chi connectivity index (χ3n) is 24.8. The molecule has 3 fully saturated rings. The lowest BCUT2D eigenvalue weighted by Crippen LogP contribution is -2.58. The van der Waals surface area contributed by atoms with E-state index in [1.807, 2.05) is 97.8 Å². The zero-order valence-electron chi connectivity index (χ0n) is 78.0. The molecule has 12 aromatic rings. The SMILES string of the molecule is C=CC(=O)N1[C@H](C)CN(c2c(C#N)c(=O)n(-c3c(C)ccnc3C(C)C)c3nc(-c4c(Cl)c(O)c(Cl)c(F)c4Cl)c(Cl)cc23)C[C@@H]1C.C=CC(=O)N1[C@H](C)CN(c2c(C#N)c(=O)n(-c3c(C)ccnc3C(C)C)c3nc(-c4c(Cl)c(O)c(Cl)c(F)c4Cl)c(Cl)cc23)C[C@@H]1C.C=CC(=O)N1[C@H](C)CN(c2c(C#N)c(=O)n(-c3c(C)ccnc3C(C)C)c3nc(-c4c(Cl)c(O)c(Cl)c(F)c4Cl)c(Cl)cc23)C[C@@H]1C. The van der Waals surface area contributed by atoms with Crippen LogP contribution in [0.15, 0.2) is 107 Å². The number of carbonyl (C=O) groups excluding carboxylic acids is 3. The minimum Gasteiger partial charge on any atom is -0.505 e. The summed E-state index contributed by atoms with van der Waals surface area (Å²) in [4.78, 5) is 120. The van der Waals surface area contributed by atoms with Gasteiger partial charge >= 0.3 is 0 Å². The van der Waals surface area contributed by atoms with Gasteiger partial charge in [0.1, 0.15) is 66.9 Å². The number of pyridine rings is 9. The fourth-order valence-electron chi connectivity index (χ4n) is 18.7. The first-order valence-electron chi connectivity index (χ1n) is 43.7. The summed E-state index contributed by atoms with van der Waals surface area (Å²) in [6, 6.07) is 14.1. The Balaban J connectivity index is 0.000000178. The van der Waals surface area contributed by atoms with Gasteiger partial charge in [0.05, 0.1) is 113 Å². The highest BCUT2D eigenvalue weighted by Gasteiger charge is 2.42. The highest BCUT2D eigenvalue weighted by Crippen LogP contribution is 2.54. The average Bonchev–Trinajstić information content (AvgIpc) is 0.725. The van der Waals surface area contributed by atoms with Crippen LogP contribution in [-0.2, 0) is 14.4 Å². The molecule has 0 radical (unpaired) electrons. The van der Waals surface area contributed by atoms with E-state index in [-0.39, 0.29) is 211 Å². The quantitative estimate of drug-likeness (QED) is 0.0487. The minimum absolute atomic E-state index is 0.0493. The first kappa shape index (κ1) is 107. The number of hydrogen-bond acceptors (Lipinski definition) is 21. The smallest absolute Gasteiger partial charge is 0.276 e. The zero-order chi connectivity index (χ0) is 104. The number of phenols is 3. The summed E-state index contributed by atoms with van der Waals surface area (Å²) in [7, 11) is 0. The van der Waals surface area contributed by atoms with E-state index in [2.05, 4.69) is 52.9 Å². The molecule has 42 heteroatoms. The molecule has 732 valence electrons. The molecule has 3 aliphatic rings. The van der Waals surface area contributed by atoms with E-state index in [1.54, 1.807) is 72.3 Å². The van der Waals surface area contributed by atoms with Crippen molar-refractivity contribution in [3.05, 3.63) is 252 Å². The summed E-state index contributed by atoms with van der Waals surface area (Å²) >= 11 is 76.7. The van der Waals surface area contributed by atoms with Crippen LogP contribution in [0.4, 0.5) is 30.2 Å². The van der Waals surface area contributed by atoms with Crippen LogP contribution in [0.5, 0.6) is 17.2 Å². The van der Waals surface area contributed by atoms with Gasteiger partial charge in [0.15, 0.2) is 34.7 Å². The number of amides is 3. The molecule has 3 amide bonds. The Morgan fingerprint density at radius 3 is 0.787 bits per heavy atom. The van der Waals surface area contributed by atoms with Crippen molar-refractivity contribution >= 4 is 207 Å². The molecule has 3 aromatic carbocycles. The van der Waals surface area contributed by atoms with Crippen molar-refractivity contribution in [1.29, 1.82) is 15.8 Å². The van der Waals surface area contributed by atoms with Gasteiger partial charge in [-0.15, -0.1) is 0 Å². The number of phenolic OH excluding ortho intramolecular Hbond substituents is 3. The maximum atomic E-state index is 15.1. The van der Waals surface area contributed by atoms with Gasteiger partial charge in [-0.1, -0.05) is 200 Å². The molecule has 3 N–H and O–H groups in total. The van der Waals surface area contributed by atoms with Crippen molar-refractivity contribution in [3.63, 3.8) is 0 Å². The molecule has 3 saturated heterocycles. The molecule has 0 aliphatic carbocycles. The molecule has 141 heavy (non-hydrogen) atoms. The van der Waals surface area contributed by atoms with E-state index in [9.17, 15) is 59.9 Å². The number of nitrogens with zero attached hydrogens (tertiary/aromatic N) is 18. The van der Waals surface area contributed by atoms with Crippen molar-refractivity contribution in [2.75, 3.05) is 54.0 Å². The number of anilines is 3. The fraction of sp³-hybridized carbons (Fsp3) is 0.303. The Bertz CT molecular complexity index is 6860. The van der Waals surface area contributed by atoms with Crippen LogP contribution in [0, 0.1) is 72.2 Å². The maximum Gasteiger partial charge on any atom is 0.276 e. The molecule has 9 aromatic heterocycles. The number of aromatic hydroxyl groups is 3. The molecule has 0 saturated carbocycles. The second kappa shape index (κ2) is 42.1. The lowest BCUT2D eigenvalue weighted by atomic mass is 10.0. The lowest BCUT2D eigenvalue weighted by molar-refractivity contribution is -0.131. The Labute approximate surface area is 867 Å². The maximum absolute atomic E-state index is 15.1. The van der Waals surface area contributed by atoms with E-state index in [1.165, 1.54) is 50.1 Å². The fourth-order valence-corrected chi connectivity index (χ4v) is 22.1. The minimum atomic E-state index is -1.14. The summed E-state index contributed by atoms with van der Waals surface area (Å²) in [5.74, 6) is -6.85. The second-order valence-electron chi connectivity index (χ2n) is 35.1. The topological polar surface area (TPSA) is 346 Å². The first-order valence-corrected chi connectivity index (χ1v) is 48.2. The van der Waals surface area contributed by atoms with Crippen molar-refractivity contribution in [3.8, 4) is 86.3 Å². The van der Waals surface area contributed by atoms with Gasteiger partial charge in [0.2, 0.25) is 17.7 Å². The van der Waals surface area contributed by atoms with Crippen LogP contribution in [-0.4, -0.2) is 167 Å². The van der Waals surface area contributed by atoms with Gasteiger partial charge in [-0.2, -0.15) is 15.8 Å². The first-order chi connectivity index (χ1) is 66.5. The van der Waals surface area contributed by atoms with E-state index in [0.717, 1.165) is 0 Å². The lowest BCUT2D eigenvalue weighted by Gasteiger charge is -2.45. The summed E-state index contributed by atoms with van der Waals surface area (Å²) in [5, 5.41) is 59.0. The molecule has 3 aliphatic heterocycles. The number of aryl methyl sites for hydroxylation is 3. The predicted octanol–water partition coefficient (Wildman–Crippen LogP) is 23.5. The Kier molecular flexibility index (Phi) is 31.9. The normalized spacial score (nSPS) is 16.6. The molecule has 0 spiro atoms. The Morgan fingerprint density at radius 1 is 0.383 bits per heavy atom. The molecule has 6 atom stereocenters. The van der Waals surface area contributed by atoms with E-state index in [0.29, 0.717) is 67.0 Å². The van der Waals surface area contributed by atoms with Crippen LogP contribution in [0.3, 0.4) is 0 Å². The Hall–Kier alpha value is -11.6. The van der Waals surface area contributed by atoms with Crippen molar-refractivity contribution in [2.24, 2.45) is 0 Å². The molecule has 0 bridgehead atoms. The standard InChI is InChI=1S/3C33H29Cl4FN6O3/c3*1-7-21(45)43-16(5)12-42(13-17(43)6)30-18-10-20(34)28(22-23(35)26(38)25(37)31(46)24(22)36)41-32(18)44(33(47)19(30)11-39)29-15(4)8-9-40-27(29)14(2)3/h3*7-10,14,16-17,46H,1,12-13H2,2-6H3/t3*16-,17+. The van der Waals surface area contributed by atoms with Crippen molar-refractivity contribution in [1.82, 2.24) is 58.3 Å². The van der Waals surface area contributed by atoms with Gasteiger partial charge in [0, 0.05) is 127 Å². The molecule has 15 rings (SSSR count). The number of piperazine rings is 3. The third-order valence-corrected chi connectivity index (χ3v) is 28.8. The van der Waals surface area contributed by atoms with Gasteiger partial charge in [0.25, 0.3) is 16.7 Å². The number of aromatic nitrogens is 9. The highest BCUT2D eigenvalue weighted by molar-refractivity contribution is 6.47. The Morgan fingerprint density at radius 2 is 0.596 bits per heavy atom. The van der Waals surface area contributed by atoms with Crippen LogP contribution in [0.1, 0.15) is 151 Å². The van der Waals surface area contributed by atoms with Crippen LogP contribution < -0.4 is 31.4 Å². The third kappa shape index (κ3) is 18.8. The van der Waals surface area contributed by atoms with Crippen LogP contribution >= 0.6 is 139 Å². The number of halogens is 15. The second-order valence-corrected chi connectivity index (χ2v) is 39.8. The van der Waals surface area contributed by atoms with Crippen LogP contribution in [0.25, 0.3) is 83.9 Å². The van der Waals surface area contributed by atoms with E-state index < -0.39 is 96.6 Å². The number of rotatable bonds is 15. The van der Waals surface area contributed by atoms with Gasteiger partial charge in [-0.3, -0.25) is 57.4 Å². The number of nitriles is 3.